The summed E-state index contributed by atoms with van der Waals surface area (Å²) in [6, 6.07) is 3.65. The summed E-state index contributed by atoms with van der Waals surface area (Å²) >= 11 is 0. The molecule has 1 rings (SSSR count). The molecule has 0 aliphatic rings. The van der Waals surface area contributed by atoms with Crippen LogP contribution in [0.25, 0.3) is 0 Å². The summed E-state index contributed by atoms with van der Waals surface area (Å²) in [5, 5.41) is 4.89. The van der Waals surface area contributed by atoms with E-state index in [1.54, 1.807) is 25.2 Å². The fraction of sp³-hybridized carbons (Fsp3) is 0.600. The van der Waals surface area contributed by atoms with Gasteiger partial charge in [-0.2, -0.15) is 0 Å². The number of rotatable bonds is 5. The van der Waals surface area contributed by atoms with Gasteiger partial charge < -0.3 is 5.32 Å². The fourth-order valence-electron chi connectivity index (χ4n) is 1.66. The van der Waals surface area contributed by atoms with E-state index >= 15 is 0 Å². The van der Waals surface area contributed by atoms with Gasteiger partial charge in [0.1, 0.15) is 5.82 Å². The van der Waals surface area contributed by atoms with Crippen LogP contribution in [0.4, 0.5) is 5.82 Å². The zero-order valence-corrected chi connectivity index (χ0v) is 13.4. The number of anilines is 1. The lowest BCUT2D eigenvalue weighted by atomic mass is 9.90. The van der Waals surface area contributed by atoms with Gasteiger partial charge in [-0.05, 0) is 18.6 Å². The fourth-order valence-corrected chi connectivity index (χ4v) is 1.66. The maximum absolute atomic E-state index is 12.2. The van der Waals surface area contributed by atoms with Crippen LogP contribution in [0.3, 0.4) is 0 Å². The first-order valence-electron chi connectivity index (χ1n) is 6.98. The number of aromatic nitrogens is 1. The van der Waals surface area contributed by atoms with E-state index in [0.717, 1.165) is 24.5 Å². The number of hydrazine groups is 1. The number of carbonyl (C=O) groups is 1. The van der Waals surface area contributed by atoms with Crippen LogP contribution >= 0.6 is 0 Å². The minimum atomic E-state index is -0.123. The van der Waals surface area contributed by atoms with Crippen LogP contribution in [0.2, 0.25) is 0 Å². The molecule has 1 aromatic rings. The molecule has 0 aromatic carbocycles. The van der Waals surface area contributed by atoms with Gasteiger partial charge in [0.05, 0.1) is 0 Å². The lowest BCUT2D eigenvalue weighted by Crippen LogP contribution is -2.36. The number of amides is 1. The van der Waals surface area contributed by atoms with Gasteiger partial charge >= 0.3 is 0 Å². The Labute approximate surface area is 121 Å². The van der Waals surface area contributed by atoms with E-state index in [1.165, 1.54) is 0 Å². The van der Waals surface area contributed by atoms with E-state index < -0.39 is 0 Å². The summed E-state index contributed by atoms with van der Waals surface area (Å²) in [4.78, 5) is 16.8. The normalized spacial score (nSPS) is 11.6. The molecule has 0 aliphatic heterocycles. The Morgan fingerprint density at radius 3 is 2.45 bits per heavy atom. The Bertz CT molecular complexity index is 463. The predicted molar refractivity (Wildman–Crippen MR) is 82.9 cm³/mol. The van der Waals surface area contributed by atoms with Crippen molar-refractivity contribution in [1.29, 1.82) is 0 Å². The molecule has 1 aromatic heterocycles. The Kier molecular flexibility index (Phi) is 5.51. The quantitative estimate of drug-likeness (QED) is 0.812. The van der Waals surface area contributed by atoms with Crippen molar-refractivity contribution in [1.82, 2.24) is 15.4 Å². The number of carbonyl (C=O) groups excluding carboxylic acids is 1. The minimum absolute atomic E-state index is 0.100. The Morgan fingerprint density at radius 1 is 1.30 bits per heavy atom. The predicted octanol–water partition coefficient (Wildman–Crippen LogP) is 2.41. The SMILES string of the molecule is CCCNc1cc(C(=O)NN(C)C)cc(C(C)(C)C)n1. The van der Waals surface area contributed by atoms with Crippen LogP contribution in [0.15, 0.2) is 12.1 Å². The molecule has 0 bridgehead atoms. The van der Waals surface area contributed by atoms with Crippen molar-refractivity contribution in [2.24, 2.45) is 0 Å². The number of nitrogens with one attached hydrogen (secondary N) is 2. The molecule has 0 spiro atoms. The molecule has 0 saturated heterocycles. The van der Waals surface area contributed by atoms with Crippen molar-refractivity contribution in [3.05, 3.63) is 23.4 Å². The number of hydrogen-bond donors (Lipinski definition) is 2. The van der Waals surface area contributed by atoms with E-state index in [4.69, 9.17) is 0 Å². The molecule has 0 fully saturated rings. The van der Waals surface area contributed by atoms with Crippen LogP contribution in [0.1, 0.15) is 50.2 Å². The maximum atomic E-state index is 12.2. The van der Waals surface area contributed by atoms with Crippen LogP contribution in [0, 0.1) is 0 Å². The standard InChI is InChI=1S/C15H26N4O/c1-7-8-16-13-10-11(14(20)18-19(5)6)9-12(17-13)15(2,3)4/h9-10H,7-8H2,1-6H3,(H,16,17)(H,18,20). The molecule has 1 amide bonds. The van der Waals surface area contributed by atoms with E-state index in [0.29, 0.717) is 5.56 Å². The van der Waals surface area contributed by atoms with Crippen molar-refractivity contribution in [3.8, 4) is 0 Å². The maximum Gasteiger partial charge on any atom is 0.265 e. The van der Waals surface area contributed by atoms with E-state index in [9.17, 15) is 4.79 Å². The second-order valence-electron chi connectivity index (χ2n) is 6.14. The highest BCUT2D eigenvalue weighted by Gasteiger charge is 2.19. The van der Waals surface area contributed by atoms with Gasteiger partial charge in [-0.15, -0.1) is 0 Å². The van der Waals surface area contributed by atoms with Crippen molar-refractivity contribution < 1.29 is 4.79 Å². The molecule has 1 heterocycles. The van der Waals surface area contributed by atoms with Gasteiger partial charge in [0, 0.05) is 37.3 Å². The van der Waals surface area contributed by atoms with E-state index in [1.807, 2.05) is 6.07 Å². The number of pyridine rings is 1. The zero-order chi connectivity index (χ0) is 15.3. The molecule has 5 heteroatoms. The summed E-state index contributed by atoms with van der Waals surface area (Å²) in [5.41, 5.74) is 4.19. The van der Waals surface area contributed by atoms with Crippen LogP contribution in [-0.4, -0.2) is 36.5 Å². The topological polar surface area (TPSA) is 57.3 Å². The number of nitrogens with zero attached hydrogens (tertiary/aromatic N) is 2. The molecule has 112 valence electrons. The molecule has 20 heavy (non-hydrogen) atoms. The average Bonchev–Trinajstić information content (AvgIpc) is 2.34. The van der Waals surface area contributed by atoms with Gasteiger partial charge in [-0.25, -0.2) is 9.99 Å². The largest absolute Gasteiger partial charge is 0.370 e. The van der Waals surface area contributed by atoms with E-state index in [2.05, 4.69) is 43.4 Å². The first kappa shape index (κ1) is 16.4. The van der Waals surface area contributed by atoms with E-state index in [-0.39, 0.29) is 11.3 Å². The molecule has 2 N–H and O–H groups in total. The van der Waals surface area contributed by atoms with Crippen molar-refractivity contribution in [2.75, 3.05) is 26.0 Å². The lowest BCUT2D eigenvalue weighted by molar-refractivity contribution is 0.0856. The lowest BCUT2D eigenvalue weighted by Gasteiger charge is -2.20. The van der Waals surface area contributed by atoms with Crippen molar-refractivity contribution in [3.63, 3.8) is 0 Å². The van der Waals surface area contributed by atoms with Crippen molar-refractivity contribution in [2.45, 2.75) is 39.5 Å². The van der Waals surface area contributed by atoms with Gasteiger partial charge in [-0.3, -0.25) is 10.2 Å². The zero-order valence-electron chi connectivity index (χ0n) is 13.4. The Balaban J connectivity index is 3.12. The summed E-state index contributed by atoms with van der Waals surface area (Å²) in [6.07, 6.45) is 1.01. The highest BCUT2D eigenvalue weighted by molar-refractivity contribution is 5.94. The molecule has 0 radical (unpaired) electrons. The van der Waals surface area contributed by atoms with Gasteiger partial charge in [0.2, 0.25) is 0 Å². The van der Waals surface area contributed by atoms with Gasteiger partial charge in [0.25, 0.3) is 5.91 Å². The monoisotopic (exact) mass is 278 g/mol. The smallest absolute Gasteiger partial charge is 0.265 e. The molecule has 0 saturated carbocycles. The Morgan fingerprint density at radius 2 is 1.95 bits per heavy atom. The molecular formula is C15H26N4O. The third kappa shape index (κ3) is 4.81. The van der Waals surface area contributed by atoms with Crippen LogP contribution in [0.5, 0.6) is 0 Å². The van der Waals surface area contributed by atoms with Crippen molar-refractivity contribution >= 4 is 11.7 Å². The van der Waals surface area contributed by atoms with Gasteiger partial charge in [-0.1, -0.05) is 27.7 Å². The van der Waals surface area contributed by atoms with Gasteiger partial charge in [0.15, 0.2) is 0 Å². The summed E-state index contributed by atoms with van der Waals surface area (Å²) < 4.78 is 0. The summed E-state index contributed by atoms with van der Waals surface area (Å²) in [7, 11) is 3.58. The second-order valence-corrected chi connectivity index (χ2v) is 6.14. The number of hydrogen-bond acceptors (Lipinski definition) is 4. The molecule has 0 unspecified atom stereocenters. The third-order valence-corrected chi connectivity index (χ3v) is 2.74. The highest BCUT2D eigenvalue weighted by Crippen LogP contribution is 2.23. The highest BCUT2D eigenvalue weighted by atomic mass is 16.2. The molecule has 5 nitrogen and oxygen atoms in total. The molecule has 0 aliphatic carbocycles. The second kappa shape index (κ2) is 6.70. The summed E-state index contributed by atoms with van der Waals surface area (Å²) in [6.45, 7) is 9.21. The first-order chi connectivity index (χ1) is 9.24. The third-order valence-electron chi connectivity index (χ3n) is 2.74. The van der Waals surface area contributed by atoms with Crippen LogP contribution in [-0.2, 0) is 5.41 Å². The minimum Gasteiger partial charge on any atom is -0.370 e. The van der Waals surface area contributed by atoms with Crippen LogP contribution < -0.4 is 10.7 Å². The molecule has 0 atom stereocenters. The Hall–Kier alpha value is -1.62. The average molecular weight is 278 g/mol. The summed E-state index contributed by atoms with van der Waals surface area (Å²) in [5.74, 6) is 0.630. The first-order valence-corrected chi connectivity index (χ1v) is 6.98. The molecular weight excluding hydrogens is 252 g/mol.